The van der Waals surface area contributed by atoms with E-state index >= 15 is 0 Å². The molecular formula is C19H24N6O. The first kappa shape index (κ1) is 15.8. The third kappa shape index (κ3) is 2.66. The fraction of sp³-hybridized carbons (Fsp3) is 0.579. The number of aromatic nitrogens is 4. The highest BCUT2D eigenvalue weighted by Gasteiger charge is 2.41. The first-order valence-electron chi connectivity index (χ1n) is 9.52. The largest absolute Gasteiger partial charge is 0.356 e. The van der Waals surface area contributed by atoms with Crippen molar-refractivity contribution in [3.63, 3.8) is 0 Å². The molecule has 0 amide bonds. The van der Waals surface area contributed by atoms with Gasteiger partial charge < -0.3 is 14.4 Å². The van der Waals surface area contributed by atoms with E-state index in [0.717, 1.165) is 37.8 Å². The molecular weight excluding hydrogens is 328 g/mol. The van der Waals surface area contributed by atoms with Crippen LogP contribution in [0.15, 0.2) is 29.6 Å². The smallest absolute Gasteiger partial charge is 0.255 e. The van der Waals surface area contributed by atoms with Crippen molar-refractivity contribution in [3.8, 4) is 0 Å². The van der Waals surface area contributed by atoms with E-state index in [1.54, 1.807) is 25.8 Å². The van der Waals surface area contributed by atoms with Crippen LogP contribution in [0.3, 0.4) is 0 Å². The first-order chi connectivity index (χ1) is 12.7. The van der Waals surface area contributed by atoms with E-state index in [4.69, 9.17) is 0 Å². The number of aryl methyl sites for hydroxylation is 1. The highest BCUT2D eigenvalue weighted by molar-refractivity contribution is 5.45. The summed E-state index contributed by atoms with van der Waals surface area (Å²) in [4.78, 5) is 30.0. The van der Waals surface area contributed by atoms with Crippen molar-refractivity contribution in [2.45, 2.75) is 25.2 Å². The van der Waals surface area contributed by atoms with E-state index in [2.05, 4.69) is 30.8 Å². The second kappa shape index (κ2) is 6.07. The quantitative estimate of drug-likeness (QED) is 0.832. The number of hydrogen-bond acceptors (Lipinski definition) is 6. The maximum atomic E-state index is 11.9. The van der Waals surface area contributed by atoms with Gasteiger partial charge in [0.05, 0.1) is 6.33 Å². The molecule has 0 spiro atoms. The van der Waals surface area contributed by atoms with Gasteiger partial charge in [-0.2, -0.15) is 0 Å². The van der Waals surface area contributed by atoms with Crippen molar-refractivity contribution < 1.29 is 0 Å². The zero-order chi connectivity index (χ0) is 17.7. The predicted molar refractivity (Wildman–Crippen MR) is 99.5 cm³/mol. The van der Waals surface area contributed by atoms with E-state index in [-0.39, 0.29) is 5.56 Å². The predicted octanol–water partition coefficient (Wildman–Crippen LogP) is 1.41. The highest BCUT2D eigenvalue weighted by Crippen LogP contribution is 2.38. The summed E-state index contributed by atoms with van der Waals surface area (Å²) in [6.07, 6.45) is 7.19. The topological polar surface area (TPSA) is 67.2 Å². The Balaban J connectivity index is 1.28. The van der Waals surface area contributed by atoms with Gasteiger partial charge in [0, 0.05) is 68.8 Å². The summed E-state index contributed by atoms with van der Waals surface area (Å²) < 4.78 is 1.51. The minimum absolute atomic E-state index is 0.00167. The van der Waals surface area contributed by atoms with Crippen LogP contribution in [0.25, 0.3) is 0 Å². The van der Waals surface area contributed by atoms with E-state index in [9.17, 15) is 4.79 Å². The van der Waals surface area contributed by atoms with Gasteiger partial charge in [0.15, 0.2) is 0 Å². The summed E-state index contributed by atoms with van der Waals surface area (Å²) in [5.41, 5.74) is 1.21. The Bertz CT molecular complexity index is 862. The van der Waals surface area contributed by atoms with Gasteiger partial charge in [-0.25, -0.2) is 15.0 Å². The van der Waals surface area contributed by atoms with E-state index in [0.29, 0.717) is 17.8 Å². The van der Waals surface area contributed by atoms with Crippen molar-refractivity contribution >= 4 is 11.6 Å². The molecule has 26 heavy (non-hydrogen) atoms. The lowest BCUT2D eigenvalue weighted by atomic mass is 9.83. The average Bonchev–Trinajstić information content (AvgIpc) is 3.15. The standard InChI is InChI=1S/C19H24N6O/c1-23-12-22-18(6-19(23)26)25-9-14-7-24(8-15(14)10-25)17-5-16(20-11-21-17)13-3-2-4-13/h5-6,11-15H,2-4,7-10H2,1H3. The fourth-order valence-electron chi connectivity index (χ4n) is 4.45. The van der Waals surface area contributed by atoms with Gasteiger partial charge in [0.2, 0.25) is 0 Å². The zero-order valence-electron chi connectivity index (χ0n) is 15.1. The third-order valence-corrected chi connectivity index (χ3v) is 6.29. The molecule has 0 bridgehead atoms. The number of hydrogen-bond donors (Lipinski definition) is 0. The third-order valence-electron chi connectivity index (χ3n) is 6.29. The average molecular weight is 352 g/mol. The van der Waals surface area contributed by atoms with Crippen LogP contribution in [-0.2, 0) is 7.05 Å². The molecule has 0 aromatic carbocycles. The maximum Gasteiger partial charge on any atom is 0.255 e. The van der Waals surface area contributed by atoms with Crippen molar-refractivity contribution in [2.24, 2.45) is 18.9 Å². The second-order valence-electron chi connectivity index (χ2n) is 7.96. The molecule has 3 fully saturated rings. The molecule has 2 unspecified atom stereocenters. The molecule has 4 heterocycles. The van der Waals surface area contributed by atoms with E-state index < -0.39 is 0 Å². The molecule has 0 radical (unpaired) electrons. The van der Waals surface area contributed by atoms with Crippen LogP contribution in [0, 0.1) is 11.8 Å². The Hall–Kier alpha value is -2.44. The normalized spacial score (nSPS) is 25.4. The molecule has 2 aromatic heterocycles. The van der Waals surface area contributed by atoms with Gasteiger partial charge in [-0.05, 0) is 12.8 Å². The van der Waals surface area contributed by atoms with E-state index in [1.165, 1.54) is 29.5 Å². The van der Waals surface area contributed by atoms with Crippen molar-refractivity contribution in [1.29, 1.82) is 0 Å². The Morgan fingerprint density at radius 1 is 0.923 bits per heavy atom. The number of rotatable bonds is 3. The lowest BCUT2D eigenvalue weighted by Crippen LogP contribution is -2.31. The molecule has 2 aromatic rings. The lowest BCUT2D eigenvalue weighted by molar-refractivity contribution is 0.410. The summed E-state index contributed by atoms with van der Waals surface area (Å²) >= 11 is 0. The van der Waals surface area contributed by atoms with Crippen molar-refractivity contribution in [2.75, 3.05) is 36.0 Å². The van der Waals surface area contributed by atoms with Crippen molar-refractivity contribution in [1.82, 2.24) is 19.5 Å². The lowest BCUT2D eigenvalue weighted by Gasteiger charge is -2.26. The monoisotopic (exact) mass is 352 g/mol. The van der Waals surface area contributed by atoms with Gasteiger partial charge in [-0.3, -0.25) is 4.79 Å². The molecule has 5 rings (SSSR count). The number of fused-ring (bicyclic) bond motifs is 1. The molecule has 7 nitrogen and oxygen atoms in total. The van der Waals surface area contributed by atoms with Crippen LogP contribution >= 0.6 is 0 Å². The van der Waals surface area contributed by atoms with Crippen LogP contribution < -0.4 is 15.4 Å². The Kier molecular flexibility index (Phi) is 3.69. The molecule has 3 aliphatic rings. The van der Waals surface area contributed by atoms with Crippen LogP contribution in [0.1, 0.15) is 30.9 Å². The van der Waals surface area contributed by atoms with Crippen LogP contribution in [0.2, 0.25) is 0 Å². The van der Waals surface area contributed by atoms with Crippen LogP contribution in [0.5, 0.6) is 0 Å². The zero-order valence-corrected chi connectivity index (χ0v) is 15.1. The molecule has 136 valence electrons. The number of nitrogens with zero attached hydrogens (tertiary/aromatic N) is 6. The van der Waals surface area contributed by atoms with Crippen LogP contribution in [-0.4, -0.2) is 45.7 Å². The second-order valence-corrected chi connectivity index (χ2v) is 7.96. The fourth-order valence-corrected chi connectivity index (χ4v) is 4.45. The summed E-state index contributed by atoms with van der Waals surface area (Å²) in [6, 6.07) is 3.85. The molecule has 1 aliphatic carbocycles. The molecule has 2 saturated heterocycles. The molecule has 7 heteroatoms. The van der Waals surface area contributed by atoms with Gasteiger partial charge in [0.25, 0.3) is 5.56 Å². The summed E-state index contributed by atoms with van der Waals surface area (Å²) in [6.45, 7) is 3.96. The number of anilines is 2. The van der Waals surface area contributed by atoms with Gasteiger partial charge in [0.1, 0.15) is 18.0 Å². The SMILES string of the molecule is Cn1cnc(N2CC3CN(c4cc(C5CCC5)ncn4)CC3C2)cc1=O. The van der Waals surface area contributed by atoms with Gasteiger partial charge in [-0.1, -0.05) is 6.42 Å². The van der Waals surface area contributed by atoms with Crippen LogP contribution in [0.4, 0.5) is 11.6 Å². The molecule has 1 saturated carbocycles. The Morgan fingerprint density at radius 2 is 1.58 bits per heavy atom. The van der Waals surface area contributed by atoms with Gasteiger partial charge >= 0.3 is 0 Å². The summed E-state index contributed by atoms with van der Waals surface area (Å²) in [5.74, 6) is 3.73. The van der Waals surface area contributed by atoms with E-state index in [1.807, 2.05) is 0 Å². The van der Waals surface area contributed by atoms with Crippen molar-refractivity contribution in [3.05, 3.63) is 40.8 Å². The highest BCUT2D eigenvalue weighted by atomic mass is 16.1. The Labute approximate surface area is 152 Å². The Morgan fingerprint density at radius 3 is 2.15 bits per heavy atom. The molecule has 2 aliphatic heterocycles. The summed E-state index contributed by atoms with van der Waals surface area (Å²) in [5, 5.41) is 0. The first-order valence-corrected chi connectivity index (χ1v) is 9.52. The maximum absolute atomic E-state index is 11.9. The summed E-state index contributed by atoms with van der Waals surface area (Å²) in [7, 11) is 1.73. The minimum Gasteiger partial charge on any atom is -0.356 e. The molecule has 0 N–H and O–H groups in total. The van der Waals surface area contributed by atoms with Gasteiger partial charge in [-0.15, -0.1) is 0 Å². The minimum atomic E-state index is -0.00167. The molecule has 2 atom stereocenters.